The highest BCUT2D eigenvalue weighted by atomic mass is 35.5. The molecule has 0 unspecified atom stereocenters. The largest absolute Gasteiger partial charge is 0.334 e. The predicted molar refractivity (Wildman–Crippen MR) is 106 cm³/mol. The summed E-state index contributed by atoms with van der Waals surface area (Å²) in [5, 5.41) is 3.36. The second-order valence-corrected chi connectivity index (χ2v) is 10.9. The van der Waals surface area contributed by atoms with E-state index in [0.717, 1.165) is 6.42 Å². The molecule has 2 amide bonds. The Morgan fingerprint density at radius 3 is 2.67 bits per heavy atom. The molecule has 0 aliphatic carbocycles. The molecular formula is C17H24ClN3O4S2. The zero-order valence-electron chi connectivity index (χ0n) is 15.2. The van der Waals surface area contributed by atoms with Crippen LogP contribution in [0, 0.1) is 6.92 Å². The Morgan fingerprint density at radius 2 is 1.96 bits per heavy atom. The highest BCUT2D eigenvalue weighted by Crippen LogP contribution is 2.27. The lowest BCUT2D eigenvalue weighted by Crippen LogP contribution is -2.54. The molecule has 1 aromatic carbocycles. The average Bonchev–Trinajstić information content (AvgIpc) is 2.64. The number of nitrogens with one attached hydrogen (secondary N) is 1. The topological polar surface area (TPSA) is 86.8 Å². The molecule has 10 heteroatoms. The number of hydrogen-bond acceptors (Lipinski definition) is 4. The van der Waals surface area contributed by atoms with Crippen molar-refractivity contribution in [3.05, 3.63) is 28.8 Å². The lowest BCUT2D eigenvalue weighted by atomic mass is 10.1. The summed E-state index contributed by atoms with van der Waals surface area (Å²) in [6, 6.07) is 4.40. The lowest BCUT2D eigenvalue weighted by Gasteiger charge is -2.34. The van der Waals surface area contributed by atoms with Gasteiger partial charge in [-0.05, 0) is 37.5 Å². The molecule has 2 heterocycles. The van der Waals surface area contributed by atoms with Crippen LogP contribution in [0.2, 0.25) is 5.02 Å². The zero-order chi connectivity index (χ0) is 19.6. The van der Waals surface area contributed by atoms with Crippen molar-refractivity contribution in [1.29, 1.82) is 0 Å². The van der Waals surface area contributed by atoms with E-state index in [2.05, 4.69) is 5.32 Å². The van der Waals surface area contributed by atoms with Crippen molar-refractivity contribution >= 4 is 38.5 Å². The maximum Gasteiger partial charge on any atom is 0.317 e. The Morgan fingerprint density at radius 1 is 1.26 bits per heavy atom. The number of benzene rings is 1. The zero-order valence-corrected chi connectivity index (χ0v) is 17.6. The number of rotatable bonds is 3. The summed E-state index contributed by atoms with van der Waals surface area (Å²) >= 11 is 6.09. The third kappa shape index (κ3) is 4.64. The molecule has 2 aliphatic heterocycles. The lowest BCUT2D eigenvalue weighted by molar-refractivity contribution is 0.190. The Balaban J connectivity index is 1.67. The number of amides is 2. The molecule has 7 nitrogen and oxygen atoms in total. The van der Waals surface area contributed by atoms with Gasteiger partial charge in [0.15, 0.2) is 0 Å². The molecule has 27 heavy (non-hydrogen) atoms. The van der Waals surface area contributed by atoms with Gasteiger partial charge in [0.1, 0.15) is 0 Å². The molecule has 0 aromatic heterocycles. The number of piperidine rings is 1. The van der Waals surface area contributed by atoms with Crippen molar-refractivity contribution in [3.8, 4) is 0 Å². The number of hydrogen-bond donors (Lipinski definition) is 1. The van der Waals surface area contributed by atoms with Crippen LogP contribution in [0.4, 0.5) is 4.79 Å². The molecule has 0 bridgehead atoms. The van der Waals surface area contributed by atoms with Crippen molar-refractivity contribution in [1.82, 2.24) is 14.5 Å². The molecule has 2 aliphatic rings. The van der Waals surface area contributed by atoms with Crippen molar-refractivity contribution < 1.29 is 17.4 Å². The van der Waals surface area contributed by atoms with E-state index in [0.29, 0.717) is 48.1 Å². The normalized spacial score (nSPS) is 22.6. The van der Waals surface area contributed by atoms with Crippen molar-refractivity contribution in [2.24, 2.45) is 0 Å². The number of nitrogens with zero attached hydrogens (tertiary/aromatic N) is 2. The van der Waals surface area contributed by atoms with Crippen LogP contribution in [-0.2, 0) is 20.8 Å². The minimum absolute atomic E-state index is 0.209. The second kappa shape index (κ2) is 8.46. The molecule has 2 saturated heterocycles. The van der Waals surface area contributed by atoms with Crippen LogP contribution >= 0.6 is 11.6 Å². The van der Waals surface area contributed by atoms with Crippen LogP contribution in [0.3, 0.4) is 0 Å². The Bertz CT molecular complexity index is 837. The van der Waals surface area contributed by atoms with E-state index < -0.39 is 20.8 Å². The summed E-state index contributed by atoms with van der Waals surface area (Å²) < 4.78 is 38.9. The fraction of sp³-hybridized carbons (Fsp3) is 0.588. The van der Waals surface area contributed by atoms with E-state index in [9.17, 15) is 17.4 Å². The van der Waals surface area contributed by atoms with Crippen LogP contribution < -0.4 is 5.32 Å². The van der Waals surface area contributed by atoms with Gasteiger partial charge >= 0.3 is 6.03 Å². The van der Waals surface area contributed by atoms with E-state index in [-0.39, 0.29) is 23.5 Å². The van der Waals surface area contributed by atoms with Crippen molar-refractivity contribution in [2.75, 3.05) is 37.7 Å². The second-order valence-electron chi connectivity index (χ2n) is 6.85. The van der Waals surface area contributed by atoms with Gasteiger partial charge in [0.25, 0.3) is 0 Å². The molecule has 2 fully saturated rings. The van der Waals surface area contributed by atoms with Gasteiger partial charge in [-0.2, -0.15) is 4.31 Å². The highest BCUT2D eigenvalue weighted by Gasteiger charge is 2.33. The summed E-state index contributed by atoms with van der Waals surface area (Å²) in [6.07, 6.45) is 1.40. The third-order valence-electron chi connectivity index (χ3n) is 5.01. The number of halogens is 1. The smallest absolute Gasteiger partial charge is 0.317 e. The standard InChI is InChI=1S/C17H24ClN3O4S2/c1-13-15(18)5-2-6-16(13)27(24,25)21-7-3-4-14(12-21)19-17(22)20-8-10-26(23)11-9-20/h2,5-6,14H,3-4,7-12H2,1H3,(H,19,22)/t14-/m0/s1. The van der Waals surface area contributed by atoms with Gasteiger partial charge in [0.05, 0.1) is 4.90 Å². The molecule has 0 saturated carbocycles. The first-order chi connectivity index (χ1) is 12.8. The fourth-order valence-corrected chi connectivity index (χ4v) is 6.45. The summed E-state index contributed by atoms with van der Waals surface area (Å²) in [6.45, 7) is 3.28. The van der Waals surface area contributed by atoms with Crippen LogP contribution in [0.5, 0.6) is 0 Å². The summed E-state index contributed by atoms with van der Waals surface area (Å²) in [4.78, 5) is 14.3. The highest BCUT2D eigenvalue weighted by molar-refractivity contribution is 7.89. The van der Waals surface area contributed by atoms with E-state index in [1.54, 1.807) is 30.0 Å². The van der Waals surface area contributed by atoms with Gasteiger partial charge in [0.2, 0.25) is 10.0 Å². The van der Waals surface area contributed by atoms with Gasteiger partial charge in [-0.1, -0.05) is 17.7 Å². The van der Waals surface area contributed by atoms with E-state index in [1.807, 2.05) is 0 Å². The number of carbonyl (C=O) groups excluding carboxylic acids is 1. The molecular weight excluding hydrogens is 410 g/mol. The SMILES string of the molecule is Cc1c(Cl)cccc1S(=O)(=O)N1CCC[C@H](NC(=O)N2CCS(=O)CC2)C1. The summed E-state index contributed by atoms with van der Waals surface area (Å²) in [5.41, 5.74) is 0.534. The molecule has 3 rings (SSSR count). The third-order valence-corrected chi connectivity index (χ3v) is 8.71. The van der Waals surface area contributed by atoms with E-state index >= 15 is 0 Å². The van der Waals surface area contributed by atoms with Gasteiger partial charge in [-0.15, -0.1) is 0 Å². The maximum absolute atomic E-state index is 13.0. The van der Waals surface area contributed by atoms with Gasteiger partial charge in [-0.3, -0.25) is 4.21 Å². The monoisotopic (exact) mass is 433 g/mol. The first-order valence-corrected chi connectivity index (χ1v) is 12.3. The minimum Gasteiger partial charge on any atom is -0.334 e. The molecule has 0 spiro atoms. The van der Waals surface area contributed by atoms with E-state index in [4.69, 9.17) is 11.6 Å². The van der Waals surface area contributed by atoms with Crippen molar-refractivity contribution in [2.45, 2.75) is 30.7 Å². The number of sulfonamides is 1. The predicted octanol–water partition coefficient (Wildman–Crippen LogP) is 1.58. The van der Waals surface area contributed by atoms with Crippen LogP contribution in [-0.4, -0.2) is 71.6 Å². The molecule has 0 radical (unpaired) electrons. The van der Waals surface area contributed by atoms with Crippen LogP contribution in [0.25, 0.3) is 0 Å². The van der Waals surface area contributed by atoms with Gasteiger partial charge in [0, 0.05) is 59.5 Å². The minimum atomic E-state index is -3.67. The number of carbonyl (C=O) groups is 1. The number of urea groups is 1. The van der Waals surface area contributed by atoms with Crippen LogP contribution in [0.1, 0.15) is 18.4 Å². The first kappa shape index (κ1) is 20.6. The van der Waals surface area contributed by atoms with Gasteiger partial charge < -0.3 is 10.2 Å². The fourth-order valence-electron chi connectivity index (χ4n) is 3.39. The average molecular weight is 434 g/mol. The van der Waals surface area contributed by atoms with Crippen molar-refractivity contribution in [3.63, 3.8) is 0 Å². The van der Waals surface area contributed by atoms with Gasteiger partial charge in [-0.25, -0.2) is 13.2 Å². The molecule has 150 valence electrons. The quantitative estimate of drug-likeness (QED) is 0.783. The van der Waals surface area contributed by atoms with Crippen LogP contribution in [0.15, 0.2) is 23.1 Å². The van der Waals surface area contributed by atoms with E-state index in [1.165, 1.54) is 4.31 Å². The Kier molecular flexibility index (Phi) is 6.45. The summed E-state index contributed by atoms with van der Waals surface area (Å²) in [5.74, 6) is 0.985. The Hall–Kier alpha value is -1.16. The first-order valence-electron chi connectivity index (χ1n) is 8.94. The maximum atomic E-state index is 13.0. The Labute approximate surface area is 167 Å². The molecule has 1 atom stereocenters. The molecule has 1 N–H and O–H groups in total. The molecule has 1 aromatic rings. The summed E-state index contributed by atoms with van der Waals surface area (Å²) in [7, 11) is -4.52.